The van der Waals surface area contributed by atoms with E-state index in [0.717, 1.165) is 0 Å². The molecule has 3 N–H and O–H groups in total. The van der Waals surface area contributed by atoms with E-state index in [-0.39, 0.29) is 18.5 Å². The predicted molar refractivity (Wildman–Crippen MR) is 62.3 cm³/mol. The van der Waals surface area contributed by atoms with E-state index in [4.69, 9.17) is 20.1 Å². The van der Waals surface area contributed by atoms with Crippen molar-refractivity contribution in [3.63, 3.8) is 0 Å². The summed E-state index contributed by atoms with van der Waals surface area (Å²) >= 11 is 0. The molecule has 0 saturated heterocycles. The van der Waals surface area contributed by atoms with Crippen molar-refractivity contribution in [3.05, 3.63) is 41.6 Å². The third kappa shape index (κ3) is 2.76. The summed E-state index contributed by atoms with van der Waals surface area (Å²) in [6, 6.07) is 5.28. The molecule has 0 aliphatic rings. The van der Waals surface area contributed by atoms with Gasteiger partial charge >= 0.3 is 6.01 Å². The van der Waals surface area contributed by atoms with Gasteiger partial charge in [-0.1, -0.05) is 5.16 Å². The van der Waals surface area contributed by atoms with Gasteiger partial charge in [0.2, 0.25) is 0 Å². The minimum atomic E-state index is -0.0941. The number of amidine groups is 1. The Morgan fingerprint density at radius 1 is 1.56 bits per heavy atom. The van der Waals surface area contributed by atoms with Crippen LogP contribution in [0.2, 0.25) is 0 Å². The van der Waals surface area contributed by atoms with Crippen molar-refractivity contribution in [1.29, 1.82) is 0 Å². The van der Waals surface area contributed by atoms with Crippen molar-refractivity contribution in [2.24, 2.45) is 10.9 Å². The Bertz CT molecular complexity index is 551. The highest BCUT2D eigenvalue weighted by Crippen LogP contribution is 2.10. The number of nitrogens with zero attached hydrogens (tertiary/aromatic N) is 3. The highest BCUT2D eigenvalue weighted by Gasteiger charge is 2.08. The van der Waals surface area contributed by atoms with Crippen LogP contribution in [0.3, 0.4) is 0 Å². The molecule has 2 heterocycles. The molecule has 0 spiro atoms. The largest absolute Gasteiger partial charge is 0.466 e. The van der Waals surface area contributed by atoms with Crippen molar-refractivity contribution in [2.75, 3.05) is 0 Å². The molecule has 0 aliphatic carbocycles. The van der Waals surface area contributed by atoms with Crippen LogP contribution in [-0.4, -0.2) is 21.0 Å². The van der Waals surface area contributed by atoms with Crippen LogP contribution >= 0.6 is 0 Å². The van der Waals surface area contributed by atoms with E-state index in [9.17, 15) is 0 Å². The molecule has 2 aromatic heterocycles. The number of aromatic nitrogens is 2. The number of aryl methyl sites for hydroxylation is 1. The first-order chi connectivity index (χ1) is 8.69. The van der Waals surface area contributed by atoms with Gasteiger partial charge in [-0.2, -0.15) is 4.98 Å². The molecule has 0 unspecified atom stereocenters. The van der Waals surface area contributed by atoms with Gasteiger partial charge in [0, 0.05) is 5.69 Å². The van der Waals surface area contributed by atoms with Crippen molar-refractivity contribution >= 4 is 5.84 Å². The minimum absolute atomic E-state index is 0.0941. The van der Waals surface area contributed by atoms with Gasteiger partial charge in [-0.15, -0.1) is 0 Å². The summed E-state index contributed by atoms with van der Waals surface area (Å²) in [5, 5.41) is 11.5. The Morgan fingerprint density at radius 3 is 3.06 bits per heavy atom. The molecule has 18 heavy (non-hydrogen) atoms. The normalized spacial score (nSPS) is 11.5. The van der Waals surface area contributed by atoms with E-state index in [1.165, 1.54) is 0 Å². The molecule has 0 atom stereocenters. The first-order valence-corrected chi connectivity index (χ1v) is 5.18. The fourth-order valence-electron chi connectivity index (χ4n) is 1.32. The lowest BCUT2D eigenvalue weighted by molar-refractivity contribution is 0.249. The monoisotopic (exact) mass is 248 g/mol. The lowest BCUT2D eigenvalue weighted by Crippen LogP contribution is -2.16. The average molecular weight is 248 g/mol. The van der Waals surface area contributed by atoms with Crippen LogP contribution < -0.4 is 10.5 Å². The SMILES string of the molecule is Cc1cc(/C(N)=N/O)nc(OCc2ccco2)n1. The number of hydrogen-bond acceptors (Lipinski definition) is 6. The molecule has 7 heteroatoms. The Balaban J connectivity index is 2.15. The topological polar surface area (TPSA) is 107 Å². The molecule has 0 bridgehead atoms. The zero-order valence-corrected chi connectivity index (χ0v) is 9.70. The maximum absolute atomic E-state index is 8.60. The fourth-order valence-corrected chi connectivity index (χ4v) is 1.32. The van der Waals surface area contributed by atoms with Gasteiger partial charge in [0.1, 0.15) is 18.1 Å². The van der Waals surface area contributed by atoms with Crippen LogP contribution in [0.5, 0.6) is 6.01 Å². The number of rotatable bonds is 4. The van der Waals surface area contributed by atoms with Crippen molar-refractivity contribution < 1.29 is 14.4 Å². The number of oxime groups is 1. The zero-order chi connectivity index (χ0) is 13.0. The Labute approximate surface area is 103 Å². The maximum atomic E-state index is 8.60. The molecule has 0 fully saturated rings. The highest BCUT2D eigenvalue weighted by atomic mass is 16.5. The van der Waals surface area contributed by atoms with Crippen LogP contribution in [0, 0.1) is 6.92 Å². The summed E-state index contributed by atoms with van der Waals surface area (Å²) in [6.07, 6.45) is 1.55. The van der Waals surface area contributed by atoms with E-state index in [0.29, 0.717) is 17.1 Å². The lowest BCUT2D eigenvalue weighted by Gasteiger charge is -2.05. The smallest absolute Gasteiger partial charge is 0.317 e. The van der Waals surface area contributed by atoms with Crippen molar-refractivity contribution in [2.45, 2.75) is 13.5 Å². The van der Waals surface area contributed by atoms with E-state index in [1.807, 2.05) is 0 Å². The second kappa shape index (κ2) is 5.17. The molecule has 94 valence electrons. The Morgan fingerprint density at radius 2 is 2.39 bits per heavy atom. The average Bonchev–Trinajstić information content (AvgIpc) is 2.88. The van der Waals surface area contributed by atoms with Crippen molar-refractivity contribution in [1.82, 2.24) is 9.97 Å². The summed E-state index contributed by atoms with van der Waals surface area (Å²) in [4.78, 5) is 8.10. The number of hydrogen-bond donors (Lipinski definition) is 2. The summed E-state index contributed by atoms with van der Waals surface area (Å²) in [5.41, 5.74) is 6.42. The number of nitrogens with two attached hydrogens (primary N) is 1. The van der Waals surface area contributed by atoms with Crippen LogP contribution in [0.4, 0.5) is 0 Å². The summed E-state index contributed by atoms with van der Waals surface area (Å²) in [7, 11) is 0. The standard InChI is InChI=1S/C11H12N4O3/c1-7-5-9(10(12)15-16)14-11(13-7)18-6-8-3-2-4-17-8/h2-5,16H,6H2,1H3,(H2,12,15). The first-order valence-electron chi connectivity index (χ1n) is 5.18. The van der Waals surface area contributed by atoms with Crippen LogP contribution in [0.25, 0.3) is 0 Å². The lowest BCUT2D eigenvalue weighted by atomic mass is 10.3. The highest BCUT2D eigenvalue weighted by molar-refractivity contribution is 5.95. The molecular weight excluding hydrogens is 236 g/mol. The van der Waals surface area contributed by atoms with Gasteiger partial charge in [-0.25, -0.2) is 4.98 Å². The zero-order valence-electron chi connectivity index (χ0n) is 9.70. The maximum Gasteiger partial charge on any atom is 0.317 e. The molecule has 2 rings (SSSR count). The van der Waals surface area contributed by atoms with Gasteiger partial charge in [0.25, 0.3) is 0 Å². The minimum Gasteiger partial charge on any atom is -0.466 e. The van der Waals surface area contributed by atoms with Crippen LogP contribution in [0.15, 0.2) is 34.0 Å². The van der Waals surface area contributed by atoms with E-state index in [2.05, 4.69) is 15.1 Å². The molecule has 0 aliphatic heterocycles. The Hall–Kier alpha value is -2.57. The number of furan rings is 1. The van der Waals surface area contributed by atoms with Gasteiger partial charge in [0.15, 0.2) is 5.84 Å². The molecule has 0 amide bonds. The Kier molecular flexibility index (Phi) is 3.42. The second-order valence-electron chi connectivity index (χ2n) is 3.53. The number of ether oxygens (including phenoxy) is 1. The third-order valence-electron chi connectivity index (χ3n) is 2.13. The molecule has 0 saturated carbocycles. The van der Waals surface area contributed by atoms with Gasteiger partial charge in [-0.3, -0.25) is 0 Å². The molecular formula is C11H12N4O3. The molecule has 0 aromatic carbocycles. The van der Waals surface area contributed by atoms with E-state index < -0.39 is 0 Å². The molecule has 2 aromatic rings. The van der Waals surface area contributed by atoms with Crippen LogP contribution in [0.1, 0.15) is 17.1 Å². The third-order valence-corrected chi connectivity index (χ3v) is 2.13. The van der Waals surface area contributed by atoms with Gasteiger partial charge in [-0.05, 0) is 25.1 Å². The van der Waals surface area contributed by atoms with Gasteiger partial charge in [0.05, 0.1) is 6.26 Å². The van der Waals surface area contributed by atoms with Crippen molar-refractivity contribution in [3.8, 4) is 6.01 Å². The second-order valence-corrected chi connectivity index (χ2v) is 3.53. The summed E-state index contributed by atoms with van der Waals surface area (Å²) in [6.45, 7) is 1.97. The van der Waals surface area contributed by atoms with E-state index in [1.54, 1.807) is 31.4 Å². The van der Waals surface area contributed by atoms with E-state index >= 15 is 0 Å². The molecule has 7 nitrogen and oxygen atoms in total. The van der Waals surface area contributed by atoms with Gasteiger partial charge < -0.3 is 20.1 Å². The summed E-state index contributed by atoms with van der Waals surface area (Å²) < 4.78 is 10.5. The summed E-state index contributed by atoms with van der Waals surface area (Å²) in [5.74, 6) is 0.564. The first kappa shape index (κ1) is 11.9. The molecule has 0 radical (unpaired) electrons. The van der Waals surface area contributed by atoms with Crippen LogP contribution in [-0.2, 0) is 6.61 Å². The predicted octanol–water partition coefficient (Wildman–Crippen LogP) is 1.05. The fraction of sp³-hybridized carbons (Fsp3) is 0.182. The quantitative estimate of drug-likeness (QED) is 0.362.